The number of esters is 1. The number of hydrogen-bond acceptors (Lipinski definition) is 4. The Labute approximate surface area is 96.2 Å². The van der Waals surface area contributed by atoms with Crippen molar-refractivity contribution in [2.45, 2.75) is 56.8 Å². The molecule has 0 aromatic heterocycles. The maximum atomic E-state index is 11.6. The van der Waals surface area contributed by atoms with Crippen LogP contribution in [-0.2, 0) is 19.0 Å². The van der Waals surface area contributed by atoms with Crippen LogP contribution < -0.4 is 0 Å². The smallest absolute Gasteiger partial charge is 0.340 e. The lowest BCUT2D eigenvalue weighted by molar-refractivity contribution is -0.146. The molecule has 4 heteroatoms. The van der Waals surface area contributed by atoms with Crippen LogP contribution in [0.3, 0.4) is 0 Å². The first kappa shape index (κ1) is 11.9. The van der Waals surface area contributed by atoms with Gasteiger partial charge in [-0.3, -0.25) is 0 Å². The molecule has 3 unspecified atom stereocenters. The molecule has 2 fully saturated rings. The first-order chi connectivity index (χ1) is 7.58. The van der Waals surface area contributed by atoms with Crippen LogP contribution in [0.1, 0.15) is 39.5 Å². The second-order valence-corrected chi connectivity index (χ2v) is 4.86. The molecule has 0 aromatic carbocycles. The average molecular weight is 228 g/mol. The summed E-state index contributed by atoms with van der Waals surface area (Å²) in [7, 11) is 1.41. The van der Waals surface area contributed by atoms with Crippen LogP contribution in [0.15, 0.2) is 0 Å². The Hall–Kier alpha value is -0.610. The third-order valence-electron chi connectivity index (χ3n) is 3.83. The second-order valence-electron chi connectivity index (χ2n) is 4.86. The largest absolute Gasteiger partial charge is 0.467 e. The Morgan fingerprint density at radius 1 is 1.56 bits per heavy atom. The fourth-order valence-electron chi connectivity index (χ4n) is 2.74. The zero-order chi connectivity index (χ0) is 11.8. The van der Waals surface area contributed by atoms with Crippen LogP contribution in [0, 0.1) is 0 Å². The van der Waals surface area contributed by atoms with Gasteiger partial charge in [0.05, 0.1) is 13.2 Å². The van der Waals surface area contributed by atoms with E-state index in [0.717, 1.165) is 25.7 Å². The van der Waals surface area contributed by atoms with E-state index < -0.39 is 5.60 Å². The molecule has 0 saturated carbocycles. The van der Waals surface area contributed by atoms with E-state index in [1.54, 1.807) is 0 Å². The molecule has 0 aliphatic carbocycles. The maximum Gasteiger partial charge on any atom is 0.340 e. The quantitative estimate of drug-likeness (QED) is 0.544. The van der Waals surface area contributed by atoms with Crippen molar-refractivity contribution in [2.24, 2.45) is 0 Å². The number of hydrogen-bond donors (Lipinski definition) is 0. The molecule has 92 valence electrons. The van der Waals surface area contributed by atoms with Gasteiger partial charge in [-0.1, -0.05) is 13.3 Å². The average Bonchev–Trinajstić information content (AvgIpc) is 2.83. The molecule has 2 aliphatic heterocycles. The highest BCUT2D eigenvalue weighted by atomic mass is 16.7. The van der Waals surface area contributed by atoms with Gasteiger partial charge in [-0.2, -0.15) is 0 Å². The topological polar surface area (TPSA) is 48.1 Å². The van der Waals surface area contributed by atoms with Crippen LogP contribution in [0.4, 0.5) is 0 Å². The monoisotopic (exact) mass is 228 g/mol. The second kappa shape index (κ2) is 4.00. The lowest BCUT2D eigenvalue weighted by Gasteiger charge is -2.28. The van der Waals surface area contributed by atoms with E-state index in [4.69, 9.17) is 14.2 Å². The summed E-state index contributed by atoms with van der Waals surface area (Å²) in [4.78, 5) is 11.6. The number of ether oxygens (including phenoxy) is 3. The summed E-state index contributed by atoms with van der Waals surface area (Å²) in [6.45, 7) is 4.64. The van der Waals surface area contributed by atoms with E-state index in [9.17, 15) is 4.79 Å². The van der Waals surface area contributed by atoms with Gasteiger partial charge < -0.3 is 14.2 Å². The highest BCUT2D eigenvalue weighted by Crippen LogP contribution is 2.56. The van der Waals surface area contributed by atoms with E-state index >= 15 is 0 Å². The molecule has 1 spiro atoms. The summed E-state index contributed by atoms with van der Waals surface area (Å²) in [5, 5.41) is 0. The van der Waals surface area contributed by atoms with E-state index in [1.165, 1.54) is 7.11 Å². The van der Waals surface area contributed by atoms with Crippen LogP contribution in [0.25, 0.3) is 0 Å². The van der Waals surface area contributed by atoms with E-state index in [1.807, 2.05) is 6.92 Å². The Balaban J connectivity index is 2.03. The molecule has 0 N–H and O–H groups in total. The first-order valence-corrected chi connectivity index (χ1v) is 5.98. The number of carbonyl (C=O) groups is 1. The van der Waals surface area contributed by atoms with Crippen molar-refractivity contribution in [1.29, 1.82) is 0 Å². The number of rotatable bonds is 3. The number of epoxide rings is 1. The van der Waals surface area contributed by atoms with E-state index in [0.29, 0.717) is 6.61 Å². The Bertz CT molecular complexity index is 289. The predicted octanol–water partition coefficient (Wildman–Crippen LogP) is 1.67. The van der Waals surface area contributed by atoms with Gasteiger partial charge in [-0.25, -0.2) is 4.79 Å². The summed E-state index contributed by atoms with van der Waals surface area (Å²) in [6, 6.07) is 0. The summed E-state index contributed by atoms with van der Waals surface area (Å²) in [5.41, 5.74) is -1.06. The van der Waals surface area contributed by atoms with Gasteiger partial charge in [-0.05, 0) is 13.3 Å². The SMILES string of the molecule is CCCC1CC2(CCO1)OC2(C)C(=O)OC. The van der Waals surface area contributed by atoms with Gasteiger partial charge in [0.25, 0.3) is 0 Å². The van der Waals surface area contributed by atoms with Crippen molar-refractivity contribution >= 4 is 5.97 Å². The zero-order valence-corrected chi connectivity index (χ0v) is 10.2. The minimum Gasteiger partial charge on any atom is -0.467 e. The standard InChI is InChI=1S/C12H20O4/c1-4-5-9-8-12(6-7-15-9)11(2,16-12)10(13)14-3/h9H,4-8H2,1-3H3. The van der Waals surface area contributed by atoms with Crippen molar-refractivity contribution < 1.29 is 19.0 Å². The van der Waals surface area contributed by atoms with Crippen LogP contribution >= 0.6 is 0 Å². The van der Waals surface area contributed by atoms with Gasteiger partial charge in [-0.15, -0.1) is 0 Å². The lowest BCUT2D eigenvalue weighted by atomic mass is 9.84. The van der Waals surface area contributed by atoms with E-state index in [2.05, 4.69) is 6.92 Å². The fourth-order valence-corrected chi connectivity index (χ4v) is 2.74. The molecule has 0 amide bonds. The van der Waals surface area contributed by atoms with Crippen molar-refractivity contribution in [3.63, 3.8) is 0 Å². The third kappa shape index (κ3) is 1.64. The molecule has 4 nitrogen and oxygen atoms in total. The molecule has 3 atom stereocenters. The molecule has 2 heterocycles. The number of methoxy groups -OCH3 is 1. The molecule has 2 saturated heterocycles. The van der Waals surface area contributed by atoms with Crippen molar-refractivity contribution in [3.8, 4) is 0 Å². The first-order valence-electron chi connectivity index (χ1n) is 5.98. The third-order valence-corrected chi connectivity index (χ3v) is 3.83. The van der Waals surface area contributed by atoms with Crippen LogP contribution in [-0.4, -0.2) is 37.0 Å². The highest BCUT2D eigenvalue weighted by molar-refractivity contribution is 5.84. The Kier molecular flexibility index (Phi) is 2.97. The fraction of sp³-hybridized carbons (Fsp3) is 0.917. The maximum absolute atomic E-state index is 11.6. The van der Waals surface area contributed by atoms with Crippen LogP contribution in [0.5, 0.6) is 0 Å². The van der Waals surface area contributed by atoms with Crippen molar-refractivity contribution in [2.75, 3.05) is 13.7 Å². The summed E-state index contributed by atoms with van der Waals surface area (Å²) >= 11 is 0. The predicted molar refractivity (Wildman–Crippen MR) is 58.1 cm³/mol. The summed E-state index contributed by atoms with van der Waals surface area (Å²) in [6.07, 6.45) is 3.95. The highest BCUT2D eigenvalue weighted by Gasteiger charge is 2.73. The summed E-state index contributed by atoms with van der Waals surface area (Å²) in [5.74, 6) is -0.260. The molecule has 0 radical (unpaired) electrons. The van der Waals surface area contributed by atoms with Gasteiger partial charge >= 0.3 is 5.97 Å². The van der Waals surface area contributed by atoms with Crippen LogP contribution in [0.2, 0.25) is 0 Å². The molecular weight excluding hydrogens is 208 g/mol. The van der Waals surface area contributed by atoms with Gasteiger partial charge in [0.15, 0.2) is 5.60 Å². The zero-order valence-electron chi connectivity index (χ0n) is 10.2. The van der Waals surface area contributed by atoms with Crippen molar-refractivity contribution in [3.05, 3.63) is 0 Å². The molecule has 2 rings (SSSR count). The molecule has 0 bridgehead atoms. The van der Waals surface area contributed by atoms with E-state index in [-0.39, 0.29) is 17.7 Å². The number of carbonyl (C=O) groups excluding carboxylic acids is 1. The minimum absolute atomic E-state index is 0.227. The van der Waals surface area contributed by atoms with Gasteiger partial charge in [0.1, 0.15) is 5.60 Å². The molecular formula is C12H20O4. The summed E-state index contributed by atoms with van der Waals surface area (Å²) < 4.78 is 16.2. The minimum atomic E-state index is -0.739. The molecule has 2 aliphatic rings. The molecule has 16 heavy (non-hydrogen) atoms. The Morgan fingerprint density at radius 3 is 2.94 bits per heavy atom. The van der Waals surface area contributed by atoms with Gasteiger partial charge in [0.2, 0.25) is 0 Å². The lowest BCUT2D eigenvalue weighted by Crippen LogP contribution is -2.40. The molecule has 0 aromatic rings. The van der Waals surface area contributed by atoms with Gasteiger partial charge in [0, 0.05) is 19.4 Å². The Morgan fingerprint density at radius 2 is 2.31 bits per heavy atom. The van der Waals surface area contributed by atoms with Crippen molar-refractivity contribution in [1.82, 2.24) is 0 Å². The normalized spacial score (nSPS) is 42.1.